The summed E-state index contributed by atoms with van der Waals surface area (Å²) in [7, 11) is 5.43. The molecule has 6 heteroatoms. The van der Waals surface area contributed by atoms with Gasteiger partial charge in [-0.15, -0.1) is 0 Å². The van der Waals surface area contributed by atoms with Crippen LogP contribution in [0.25, 0.3) is 47.6 Å². The molecule has 0 N–H and O–H groups in total. The van der Waals surface area contributed by atoms with Gasteiger partial charge in [-0.1, -0.05) is 200 Å². The van der Waals surface area contributed by atoms with Crippen LogP contribution in [0.15, 0.2) is 116 Å². The van der Waals surface area contributed by atoms with E-state index in [1.807, 2.05) is 13.2 Å². The molecular formula is C83H118O6. The second-order valence-electron chi connectivity index (χ2n) is 28.7. The number of ether oxygens (including phenoxy) is 6. The fourth-order valence-corrected chi connectivity index (χ4v) is 12.7. The van der Waals surface area contributed by atoms with Crippen molar-refractivity contribution in [3.8, 4) is 11.1 Å². The number of aryl methyl sites for hydroxylation is 2. The van der Waals surface area contributed by atoms with E-state index in [2.05, 4.69) is 250 Å². The molecule has 0 saturated heterocycles. The minimum Gasteiger partial charge on any atom is -0.381 e. The van der Waals surface area contributed by atoms with E-state index in [1.165, 1.54) is 66.8 Å². The van der Waals surface area contributed by atoms with Crippen LogP contribution < -0.4 is 0 Å². The van der Waals surface area contributed by atoms with Crippen molar-refractivity contribution < 1.29 is 28.4 Å². The summed E-state index contributed by atoms with van der Waals surface area (Å²) < 4.78 is 37.8. The Bertz CT molecular complexity index is 3070. The Morgan fingerprint density at radius 2 is 1.02 bits per heavy atom. The maximum atomic E-state index is 6.89. The lowest BCUT2D eigenvalue weighted by molar-refractivity contribution is -0.118. The molecule has 0 radical (unpaired) electrons. The van der Waals surface area contributed by atoms with Crippen molar-refractivity contribution in [1.82, 2.24) is 0 Å². The predicted molar refractivity (Wildman–Crippen MR) is 383 cm³/mol. The lowest BCUT2D eigenvalue weighted by Crippen LogP contribution is -2.38. The topological polar surface area (TPSA) is 55.4 Å². The molecule has 6 rings (SSSR count). The smallest absolute Gasteiger partial charge is 0.0880 e. The Balaban J connectivity index is 1.28. The molecule has 5 aromatic rings. The van der Waals surface area contributed by atoms with Crippen LogP contribution in [-0.2, 0) is 45.7 Å². The molecule has 0 heterocycles. The van der Waals surface area contributed by atoms with Gasteiger partial charge in [0, 0.05) is 38.1 Å². The zero-order valence-electron chi connectivity index (χ0n) is 58.9. The summed E-state index contributed by atoms with van der Waals surface area (Å²) in [5.74, 6) is 0.418. The van der Waals surface area contributed by atoms with Crippen LogP contribution in [0.4, 0.5) is 0 Å². The fraction of sp³-hybridized carbons (Fsp3) is 0.542. The molecule has 1 aliphatic rings. The van der Waals surface area contributed by atoms with E-state index in [0.29, 0.717) is 19.1 Å². The summed E-state index contributed by atoms with van der Waals surface area (Å²) in [5, 5.41) is 0. The lowest BCUT2D eigenvalue weighted by atomic mass is 9.68. The van der Waals surface area contributed by atoms with Gasteiger partial charge in [-0.05, 0) is 225 Å². The number of hydrogen-bond donors (Lipinski definition) is 0. The molecule has 6 unspecified atom stereocenters. The highest BCUT2D eigenvalue weighted by Gasteiger charge is 2.44. The van der Waals surface area contributed by atoms with Gasteiger partial charge in [-0.2, -0.15) is 0 Å². The number of methoxy groups -OCH3 is 3. The number of benzene rings is 5. The minimum atomic E-state index is -0.332. The second kappa shape index (κ2) is 32.9. The third kappa shape index (κ3) is 20.7. The van der Waals surface area contributed by atoms with Crippen molar-refractivity contribution in [3.63, 3.8) is 0 Å². The Hall–Kier alpha value is -5.18. The molecule has 0 fully saturated rings. The molecule has 0 aromatic heterocycles. The largest absolute Gasteiger partial charge is 0.381 e. The van der Waals surface area contributed by atoms with Gasteiger partial charge in [0.05, 0.1) is 53.9 Å². The van der Waals surface area contributed by atoms with E-state index >= 15 is 0 Å². The normalized spacial score (nSPS) is 17.4. The zero-order valence-corrected chi connectivity index (χ0v) is 58.9. The molecule has 1 aliphatic carbocycles. The third-order valence-electron chi connectivity index (χ3n) is 20.6. The van der Waals surface area contributed by atoms with Crippen molar-refractivity contribution in [2.24, 2.45) is 5.92 Å². The molecule has 486 valence electrons. The summed E-state index contributed by atoms with van der Waals surface area (Å²) in [4.78, 5) is 0. The van der Waals surface area contributed by atoms with Gasteiger partial charge in [0.25, 0.3) is 0 Å². The second-order valence-corrected chi connectivity index (χ2v) is 28.7. The standard InChI is InChI=1S/C83H118O6/c1-20-28-71(63(7)84-17)60-88-78(10,11)49-25-29-70-57-68(31-30-62(70)6)42-40-66-36-38-67(39-37-66)48-54-77(8,9)72-45-47-74-73-46-44-69(43-41-65-34-32-64(21-2)33-35-65)58-75(73)83(76(74)59-72,52-26-50-79(12,13)89-61-82(16,24-5)86-19)53-27-51-81(15,23-4)87-56-55-80(14,22-3)85-18/h21,30-48,54,57-59,63,71H,2,20,22-29,49-53,55-56,60-61H2,1,3-19H3. The monoisotopic (exact) mass is 1210 g/mol. The van der Waals surface area contributed by atoms with Crippen LogP contribution >= 0.6 is 0 Å². The highest BCUT2D eigenvalue weighted by atomic mass is 16.5. The first kappa shape index (κ1) is 72.9. The number of hydrogen-bond acceptors (Lipinski definition) is 6. The van der Waals surface area contributed by atoms with E-state index in [9.17, 15) is 0 Å². The number of rotatable bonds is 39. The first-order chi connectivity index (χ1) is 42.2. The number of allylic oxidation sites excluding steroid dienone is 1. The van der Waals surface area contributed by atoms with Crippen LogP contribution in [0.2, 0.25) is 0 Å². The van der Waals surface area contributed by atoms with Crippen molar-refractivity contribution >= 4 is 36.5 Å². The van der Waals surface area contributed by atoms with Crippen molar-refractivity contribution in [2.75, 3.05) is 41.2 Å². The minimum absolute atomic E-state index is 0.179. The van der Waals surface area contributed by atoms with E-state index in [-0.39, 0.29) is 44.9 Å². The Labute approximate surface area is 542 Å². The molecule has 5 aromatic carbocycles. The highest BCUT2D eigenvalue weighted by Crippen LogP contribution is 2.56. The molecule has 6 atom stereocenters. The SMILES string of the molecule is C=Cc1ccc(C=Cc2ccc3c(c2)C(CCCC(C)(C)OCC(C)(CC)OC)(CCCC(C)(CC)OCCC(C)(CC)OC)c2cc(C(C)(C)C=Cc4ccc(C=Cc5ccc(C)c(CCCC(C)(C)OCC(CCC)C(C)OC)c5)cc4)ccc2-3)cc1. The van der Waals surface area contributed by atoms with E-state index in [1.54, 1.807) is 14.2 Å². The first-order valence-electron chi connectivity index (χ1n) is 34.1. The van der Waals surface area contributed by atoms with Gasteiger partial charge in [0.2, 0.25) is 0 Å². The highest BCUT2D eigenvalue weighted by molar-refractivity contribution is 5.84. The molecule has 0 aliphatic heterocycles. The van der Waals surface area contributed by atoms with Crippen LogP contribution in [-0.4, -0.2) is 75.3 Å². The lowest BCUT2D eigenvalue weighted by Gasteiger charge is -2.37. The van der Waals surface area contributed by atoms with Gasteiger partial charge in [0.1, 0.15) is 0 Å². The molecule has 0 bridgehead atoms. The molecule has 0 spiro atoms. The van der Waals surface area contributed by atoms with Gasteiger partial charge in [-0.3, -0.25) is 0 Å². The van der Waals surface area contributed by atoms with Crippen LogP contribution in [0.3, 0.4) is 0 Å². The maximum absolute atomic E-state index is 6.89. The van der Waals surface area contributed by atoms with E-state index in [0.717, 1.165) is 108 Å². The van der Waals surface area contributed by atoms with Crippen LogP contribution in [0.1, 0.15) is 248 Å². The van der Waals surface area contributed by atoms with Gasteiger partial charge in [0.15, 0.2) is 0 Å². The quantitative estimate of drug-likeness (QED) is 0.0366. The first-order valence-corrected chi connectivity index (χ1v) is 34.1. The molecule has 0 amide bonds. The van der Waals surface area contributed by atoms with Crippen molar-refractivity contribution in [1.29, 1.82) is 0 Å². The fourth-order valence-electron chi connectivity index (χ4n) is 12.7. The predicted octanol–water partition coefficient (Wildman–Crippen LogP) is 22.1. The van der Waals surface area contributed by atoms with Crippen LogP contribution in [0.5, 0.6) is 0 Å². The third-order valence-corrected chi connectivity index (χ3v) is 20.6. The van der Waals surface area contributed by atoms with Crippen LogP contribution in [0, 0.1) is 12.8 Å². The molecule has 6 nitrogen and oxygen atoms in total. The molecule has 89 heavy (non-hydrogen) atoms. The zero-order chi connectivity index (χ0) is 65.1. The Kier molecular flexibility index (Phi) is 26.9. The van der Waals surface area contributed by atoms with Gasteiger partial charge < -0.3 is 28.4 Å². The van der Waals surface area contributed by atoms with Crippen molar-refractivity contribution in [3.05, 3.63) is 177 Å². The summed E-state index contributed by atoms with van der Waals surface area (Å²) in [6, 6.07) is 39.1. The summed E-state index contributed by atoms with van der Waals surface area (Å²) >= 11 is 0. The molecular weight excluding hydrogens is 1090 g/mol. The molecule has 0 saturated carbocycles. The Morgan fingerprint density at radius 1 is 0.517 bits per heavy atom. The Morgan fingerprint density at radius 3 is 1.60 bits per heavy atom. The van der Waals surface area contributed by atoms with Gasteiger partial charge in [-0.25, -0.2) is 0 Å². The maximum Gasteiger partial charge on any atom is 0.0880 e. The number of fused-ring (bicyclic) bond motifs is 3. The average molecular weight is 1210 g/mol. The summed E-state index contributed by atoms with van der Waals surface area (Å²) in [6.45, 7) is 39.7. The average Bonchev–Trinajstić information content (AvgIpc) is 1.57. The van der Waals surface area contributed by atoms with E-state index in [4.69, 9.17) is 28.4 Å². The van der Waals surface area contributed by atoms with Crippen molar-refractivity contribution in [2.45, 2.75) is 245 Å². The summed E-state index contributed by atoms with van der Waals surface area (Å²) in [5.41, 5.74) is 14.9. The van der Waals surface area contributed by atoms with Gasteiger partial charge >= 0.3 is 0 Å². The summed E-state index contributed by atoms with van der Waals surface area (Å²) in [6.07, 6.45) is 30.8. The van der Waals surface area contributed by atoms with E-state index < -0.39 is 0 Å².